The quantitative estimate of drug-likeness (QED) is 0.745. The Kier molecular flexibility index (Phi) is 3.51. The van der Waals surface area contributed by atoms with Crippen LogP contribution < -0.4 is 11.1 Å². The molecule has 0 aliphatic rings. The Morgan fingerprint density at radius 3 is 3.18 bits per heavy atom. The number of nitrogens with two attached hydrogens (primary N) is 1. The van der Waals surface area contributed by atoms with Gasteiger partial charge in [0.15, 0.2) is 5.69 Å². The molecule has 1 amide bonds. The van der Waals surface area contributed by atoms with E-state index in [0.717, 1.165) is 5.56 Å². The number of nitrogens with one attached hydrogen (secondary N) is 1. The van der Waals surface area contributed by atoms with Crippen LogP contribution >= 0.6 is 0 Å². The minimum Gasteiger partial charge on any atom is -0.472 e. The number of nitrogens with zero attached hydrogens (tertiary/aromatic N) is 3. The number of hydrogen-bond donors (Lipinski definition) is 2. The number of rotatable bonds is 5. The molecular weight excluding hydrogens is 222 g/mol. The summed E-state index contributed by atoms with van der Waals surface area (Å²) >= 11 is 0. The molecule has 7 heteroatoms. The van der Waals surface area contributed by atoms with Crippen LogP contribution in [0.4, 0.5) is 0 Å². The highest BCUT2D eigenvalue weighted by Gasteiger charge is 2.10. The maximum atomic E-state index is 11.7. The number of aromatic nitrogens is 3. The largest absolute Gasteiger partial charge is 0.472 e. The predicted octanol–water partition coefficient (Wildman–Crippen LogP) is -0.240. The topological polar surface area (TPSA) is 99.0 Å². The molecule has 7 nitrogen and oxygen atoms in total. The van der Waals surface area contributed by atoms with Crippen LogP contribution in [-0.4, -0.2) is 27.4 Å². The lowest BCUT2D eigenvalue weighted by Gasteiger charge is -1.99. The number of amides is 1. The summed E-state index contributed by atoms with van der Waals surface area (Å²) in [5.41, 5.74) is 6.54. The highest BCUT2D eigenvalue weighted by Crippen LogP contribution is 2.00. The van der Waals surface area contributed by atoms with Crippen LogP contribution in [0.5, 0.6) is 0 Å². The van der Waals surface area contributed by atoms with E-state index in [1.807, 2.05) is 0 Å². The first kappa shape index (κ1) is 11.3. The lowest BCUT2D eigenvalue weighted by atomic mass is 10.3. The Morgan fingerprint density at radius 2 is 2.47 bits per heavy atom. The molecule has 2 aromatic heterocycles. The van der Waals surface area contributed by atoms with Crippen LogP contribution in [0.15, 0.2) is 29.2 Å². The Labute approximate surface area is 97.6 Å². The van der Waals surface area contributed by atoms with Gasteiger partial charge in [0.2, 0.25) is 0 Å². The van der Waals surface area contributed by atoms with E-state index in [1.165, 1.54) is 4.68 Å². The van der Waals surface area contributed by atoms with Crippen molar-refractivity contribution in [3.8, 4) is 0 Å². The molecule has 0 fully saturated rings. The summed E-state index contributed by atoms with van der Waals surface area (Å²) < 4.78 is 6.43. The molecular formula is C10H13N5O2. The van der Waals surface area contributed by atoms with Crippen molar-refractivity contribution in [1.29, 1.82) is 0 Å². The van der Waals surface area contributed by atoms with E-state index in [4.69, 9.17) is 10.2 Å². The van der Waals surface area contributed by atoms with Crippen molar-refractivity contribution in [1.82, 2.24) is 20.3 Å². The highest BCUT2D eigenvalue weighted by molar-refractivity contribution is 5.91. The lowest BCUT2D eigenvalue weighted by Crippen LogP contribution is -2.22. The molecule has 0 aliphatic heterocycles. The van der Waals surface area contributed by atoms with E-state index in [1.54, 1.807) is 24.8 Å². The smallest absolute Gasteiger partial charge is 0.273 e. The Hall–Kier alpha value is -2.15. The molecule has 0 saturated heterocycles. The Bertz CT molecular complexity index is 477. The van der Waals surface area contributed by atoms with Crippen molar-refractivity contribution in [3.63, 3.8) is 0 Å². The van der Waals surface area contributed by atoms with Gasteiger partial charge in [0.25, 0.3) is 5.91 Å². The number of hydrogen-bond acceptors (Lipinski definition) is 5. The van der Waals surface area contributed by atoms with Crippen molar-refractivity contribution in [2.45, 2.75) is 13.1 Å². The molecule has 17 heavy (non-hydrogen) atoms. The van der Waals surface area contributed by atoms with Gasteiger partial charge in [0, 0.05) is 18.7 Å². The van der Waals surface area contributed by atoms with Crippen LogP contribution in [0.1, 0.15) is 16.1 Å². The molecule has 0 saturated carbocycles. The summed E-state index contributed by atoms with van der Waals surface area (Å²) in [6.45, 7) is 1.40. The molecule has 90 valence electrons. The summed E-state index contributed by atoms with van der Waals surface area (Å²) in [7, 11) is 0. The predicted molar refractivity (Wildman–Crippen MR) is 59.0 cm³/mol. The van der Waals surface area contributed by atoms with Gasteiger partial charge in [-0.15, -0.1) is 5.10 Å². The van der Waals surface area contributed by atoms with Crippen molar-refractivity contribution >= 4 is 5.91 Å². The van der Waals surface area contributed by atoms with Crippen LogP contribution in [0, 0.1) is 0 Å². The average molecular weight is 235 g/mol. The molecule has 0 bridgehead atoms. The van der Waals surface area contributed by atoms with Crippen LogP contribution in [0.3, 0.4) is 0 Å². The first-order valence-corrected chi connectivity index (χ1v) is 5.19. The second-order valence-electron chi connectivity index (χ2n) is 3.47. The molecule has 0 radical (unpaired) electrons. The van der Waals surface area contributed by atoms with Gasteiger partial charge in [0.05, 0.1) is 25.3 Å². The van der Waals surface area contributed by atoms with Crippen LogP contribution in [0.2, 0.25) is 0 Å². The van der Waals surface area contributed by atoms with Gasteiger partial charge >= 0.3 is 0 Å². The third-order valence-electron chi connectivity index (χ3n) is 2.16. The number of carbonyl (C=O) groups excluding carboxylic acids is 1. The molecule has 0 spiro atoms. The van der Waals surface area contributed by atoms with E-state index in [0.29, 0.717) is 19.6 Å². The summed E-state index contributed by atoms with van der Waals surface area (Å²) in [6.07, 6.45) is 4.70. The van der Waals surface area contributed by atoms with E-state index >= 15 is 0 Å². The molecule has 2 rings (SSSR count). The van der Waals surface area contributed by atoms with Gasteiger partial charge < -0.3 is 15.5 Å². The second-order valence-corrected chi connectivity index (χ2v) is 3.47. The fourth-order valence-corrected chi connectivity index (χ4v) is 1.31. The third-order valence-corrected chi connectivity index (χ3v) is 2.16. The molecule has 3 N–H and O–H groups in total. The van der Waals surface area contributed by atoms with Gasteiger partial charge in [-0.3, -0.25) is 9.48 Å². The first-order chi connectivity index (χ1) is 8.29. The van der Waals surface area contributed by atoms with Crippen LogP contribution in [-0.2, 0) is 13.1 Å². The zero-order valence-electron chi connectivity index (χ0n) is 9.17. The molecule has 0 atom stereocenters. The minimum atomic E-state index is -0.269. The standard InChI is InChI=1S/C10H13N5O2/c11-2-3-15-6-9(13-14-15)10(16)12-5-8-1-4-17-7-8/h1,4,6-7H,2-3,5,11H2,(H,12,16). The monoisotopic (exact) mass is 235 g/mol. The summed E-state index contributed by atoms with van der Waals surface area (Å²) in [5.74, 6) is -0.269. The summed E-state index contributed by atoms with van der Waals surface area (Å²) in [6, 6.07) is 1.78. The maximum Gasteiger partial charge on any atom is 0.273 e. The van der Waals surface area contributed by atoms with Crippen molar-refractivity contribution in [3.05, 3.63) is 36.0 Å². The van der Waals surface area contributed by atoms with Gasteiger partial charge in [0.1, 0.15) is 0 Å². The zero-order chi connectivity index (χ0) is 12.1. The maximum absolute atomic E-state index is 11.7. The minimum absolute atomic E-state index is 0.269. The average Bonchev–Trinajstić information content (AvgIpc) is 2.97. The van der Waals surface area contributed by atoms with Gasteiger partial charge in [-0.1, -0.05) is 5.21 Å². The van der Waals surface area contributed by atoms with Gasteiger partial charge in [-0.2, -0.15) is 0 Å². The van der Waals surface area contributed by atoms with E-state index in [9.17, 15) is 4.79 Å². The Balaban J connectivity index is 1.90. The number of carbonyl (C=O) groups is 1. The molecule has 2 aromatic rings. The zero-order valence-corrected chi connectivity index (χ0v) is 9.17. The van der Waals surface area contributed by atoms with E-state index in [-0.39, 0.29) is 11.6 Å². The normalized spacial score (nSPS) is 10.4. The summed E-state index contributed by atoms with van der Waals surface area (Å²) in [5, 5.41) is 10.2. The van der Waals surface area contributed by atoms with E-state index < -0.39 is 0 Å². The highest BCUT2D eigenvalue weighted by atomic mass is 16.3. The summed E-state index contributed by atoms with van der Waals surface area (Å²) in [4.78, 5) is 11.7. The van der Waals surface area contributed by atoms with Crippen LogP contribution in [0.25, 0.3) is 0 Å². The fraction of sp³-hybridized carbons (Fsp3) is 0.300. The molecule has 0 aromatic carbocycles. The lowest BCUT2D eigenvalue weighted by molar-refractivity contribution is 0.0946. The first-order valence-electron chi connectivity index (χ1n) is 5.19. The van der Waals surface area contributed by atoms with Crippen molar-refractivity contribution < 1.29 is 9.21 Å². The number of furan rings is 1. The SMILES string of the molecule is NCCn1cc(C(=O)NCc2ccoc2)nn1. The third kappa shape index (κ3) is 2.91. The van der Waals surface area contributed by atoms with Gasteiger partial charge in [-0.05, 0) is 6.07 Å². The molecule has 0 aliphatic carbocycles. The van der Waals surface area contributed by atoms with E-state index in [2.05, 4.69) is 15.6 Å². The molecule has 2 heterocycles. The molecule has 0 unspecified atom stereocenters. The fourth-order valence-electron chi connectivity index (χ4n) is 1.31. The van der Waals surface area contributed by atoms with Gasteiger partial charge in [-0.25, -0.2) is 0 Å². The second kappa shape index (κ2) is 5.26. The van der Waals surface area contributed by atoms with Crippen molar-refractivity contribution in [2.75, 3.05) is 6.54 Å². The Morgan fingerprint density at radius 1 is 1.59 bits per heavy atom. The van der Waals surface area contributed by atoms with Crippen molar-refractivity contribution in [2.24, 2.45) is 5.73 Å².